The quantitative estimate of drug-likeness (QED) is 0.450. The van der Waals surface area contributed by atoms with Crippen molar-refractivity contribution in [1.82, 2.24) is 0 Å². The van der Waals surface area contributed by atoms with Crippen LogP contribution in [0.3, 0.4) is 0 Å². The van der Waals surface area contributed by atoms with Crippen LogP contribution in [-0.4, -0.2) is 13.1 Å². The Morgan fingerprint density at radius 2 is 1.80 bits per heavy atom. The first kappa shape index (κ1) is 11.8. The second-order valence-electron chi connectivity index (χ2n) is 2.68. The molecule has 0 saturated carbocycles. The Bertz CT molecular complexity index is 372. The Morgan fingerprint density at radius 1 is 1.33 bits per heavy atom. The third kappa shape index (κ3) is 2.41. The Hall–Kier alpha value is -1.23. The lowest BCUT2D eigenvalue weighted by Gasteiger charge is -2.08. The number of alkyl halides is 1. The average Bonchev–Trinajstić information content (AvgIpc) is 2.23. The second-order valence-corrected chi connectivity index (χ2v) is 3.12. The number of halogens is 4. The molecule has 1 atom stereocenters. The van der Waals surface area contributed by atoms with Crippen LogP contribution in [0.2, 0.25) is 0 Å². The predicted molar refractivity (Wildman–Crippen MR) is 46.9 cm³/mol. The molecular weight excluding hydrogens is 233 g/mol. The van der Waals surface area contributed by atoms with E-state index in [-0.39, 0.29) is 5.56 Å². The summed E-state index contributed by atoms with van der Waals surface area (Å²) in [6.45, 7) is 0. The number of methoxy groups -OCH3 is 1. The summed E-state index contributed by atoms with van der Waals surface area (Å²) in [6.07, 6.45) is 0. The van der Waals surface area contributed by atoms with Gasteiger partial charge in [0.1, 0.15) is 0 Å². The second kappa shape index (κ2) is 4.53. The largest absolute Gasteiger partial charge is 0.468 e. The van der Waals surface area contributed by atoms with Crippen LogP contribution in [0.5, 0.6) is 0 Å². The van der Waals surface area contributed by atoms with Crippen molar-refractivity contribution in [3.63, 3.8) is 0 Å². The molecule has 6 heteroatoms. The maximum absolute atomic E-state index is 12.7. The SMILES string of the molecule is COC(=O)C(Cl)c1cc(F)c(F)c(F)c1. The molecule has 0 saturated heterocycles. The Kier molecular flexibility index (Phi) is 3.57. The van der Waals surface area contributed by atoms with E-state index in [1.54, 1.807) is 0 Å². The van der Waals surface area contributed by atoms with Gasteiger partial charge >= 0.3 is 5.97 Å². The molecule has 15 heavy (non-hydrogen) atoms. The van der Waals surface area contributed by atoms with Crippen molar-refractivity contribution < 1.29 is 22.7 Å². The summed E-state index contributed by atoms with van der Waals surface area (Å²) in [4.78, 5) is 10.9. The lowest BCUT2D eigenvalue weighted by Crippen LogP contribution is -2.09. The van der Waals surface area contributed by atoms with Crippen LogP contribution in [-0.2, 0) is 9.53 Å². The van der Waals surface area contributed by atoms with E-state index in [0.717, 1.165) is 7.11 Å². The van der Waals surface area contributed by atoms with Crippen LogP contribution in [0.25, 0.3) is 0 Å². The van der Waals surface area contributed by atoms with E-state index in [9.17, 15) is 18.0 Å². The molecule has 1 rings (SSSR count). The first-order valence-electron chi connectivity index (χ1n) is 3.83. The zero-order valence-corrected chi connectivity index (χ0v) is 8.32. The van der Waals surface area contributed by atoms with E-state index in [2.05, 4.69) is 4.74 Å². The molecule has 82 valence electrons. The summed E-state index contributed by atoms with van der Waals surface area (Å²) in [5.74, 6) is -5.28. The van der Waals surface area contributed by atoms with Gasteiger partial charge in [-0.3, -0.25) is 4.79 Å². The maximum atomic E-state index is 12.7. The Morgan fingerprint density at radius 3 is 2.20 bits per heavy atom. The van der Waals surface area contributed by atoms with E-state index >= 15 is 0 Å². The topological polar surface area (TPSA) is 26.3 Å². The zero-order chi connectivity index (χ0) is 11.6. The number of carbonyl (C=O) groups excluding carboxylic acids is 1. The maximum Gasteiger partial charge on any atom is 0.328 e. The highest BCUT2D eigenvalue weighted by atomic mass is 35.5. The van der Waals surface area contributed by atoms with Gasteiger partial charge in [0, 0.05) is 0 Å². The number of ether oxygens (including phenoxy) is 1. The van der Waals surface area contributed by atoms with Gasteiger partial charge in [-0.15, -0.1) is 11.6 Å². The minimum atomic E-state index is -1.60. The molecule has 2 nitrogen and oxygen atoms in total. The fourth-order valence-electron chi connectivity index (χ4n) is 0.961. The van der Waals surface area contributed by atoms with E-state index in [1.807, 2.05) is 0 Å². The fraction of sp³-hybridized carbons (Fsp3) is 0.222. The molecule has 0 heterocycles. The van der Waals surface area contributed by atoms with Crippen LogP contribution in [0.1, 0.15) is 10.9 Å². The zero-order valence-electron chi connectivity index (χ0n) is 7.56. The fourth-order valence-corrected chi connectivity index (χ4v) is 1.18. The van der Waals surface area contributed by atoms with E-state index in [0.29, 0.717) is 12.1 Å². The number of carbonyl (C=O) groups is 1. The summed E-state index contributed by atoms with van der Waals surface area (Å²) in [6, 6.07) is 1.29. The van der Waals surface area contributed by atoms with Crippen LogP contribution in [0.4, 0.5) is 13.2 Å². The Labute approximate surface area is 88.6 Å². The number of hydrogen-bond donors (Lipinski definition) is 0. The number of benzene rings is 1. The summed E-state index contributed by atoms with van der Waals surface area (Å²) in [5, 5.41) is -1.36. The van der Waals surface area contributed by atoms with Crippen molar-refractivity contribution >= 4 is 17.6 Å². The van der Waals surface area contributed by atoms with Crippen molar-refractivity contribution in [2.24, 2.45) is 0 Å². The lowest BCUT2D eigenvalue weighted by molar-refractivity contribution is -0.140. The van der Waals surface area contributed by atoms with Gasteiger partial charge in [0.25, 0.3) is 0 Å². The molecular formula is C9H6ClF3O2. The molecule has 0 amide bonds. The number of hydrogen-bond acceptors (Lipinski definition) is 2. The molecule has 1 unspecified atom stereocenters. The molecule has 1 aromatic rings. The monoisotopic (exact) mass is 238 g/mol. The highest BCUT2D eigenvalue weighted by Gasteiger charge is 2.21. The van der Waals surface area contributed by atoms with E-state index in [4.69, 9.17) is 11.6 Å². The lowest BCUT2D eigenvalue weighted by atomic mass is 10.1. The summed E-state index contributed by atoms with van der Waals surface area (Å²) < 4.78 is 42.3. The van der Waals surface area contributed by atoms with Gasteiger partial charge in [0.15, 0.2) is 22.8 Å². The summed E-state index contributed by atoms with van der Waals surface area (Å²) >= 11 is 5.52. The van der Waals surface area contributed by atoms with E-state index < -0.39 is 28.8 Å². The van der Waals surface area contributed by atoms with Crippen LogP contribution < -0.4 is 0 Å². The minimum Gasteiger partial charge on any atom is -0.468 e. The molecule has 0 aliphatic heterocycles. The number of rotatable bonds is 2. The van der Waals surface area contributed by atoms with Gasteiger partial charge in [-0.25, -0.2) is 13.2 Å². The minimum absolute atomic E-state index is 0.195. The van der Waals surface area contributed by atoms with Gasteiger partial charge in [0.05, 0.1) is 7.11 Å². The molecule has 0 fully saturated rings. The summed E-state index contributed by atoms with van der Waals surface area (Å²) in [5.41, 5.74) is -0.195. The van der Waals surface area contributed by atoms with Crippen molar-refractivity contribution in [3.05, 3.63) is 35.1 Å². The molecule has 0 aliphatic rings. The predicted octanol–water partition coefficient (Wildman–Crippen LogP) is 2.56. The molecule has 0 aromatic heterocycles. The average molecular weight is 239 g/mol. The van der Waals surface area contributed by atoms with Crippen molar-refractivity contribution in [2.45, 2.75) is 5.38 Å². The first-order valence-corrected chi connectivity index (χ1v) is 4.27. The molecule has 0 bridgehead atoms. The summed E-state index contributed by atoms with van der Waals surface area (Å²) in [7, 11) is 1.08. The number of esters is 1. The van der Waals surface area contributed by atoms with Crippen LogP contribution in [0, 0.1) is 17.5 Å². The Balaban J connectivity index is 3.11. The molecule has 0 N–H and O–H groups in total. The van der Waals surface area contributed by atoms with Gasteiger partial charge in [-0.2, -0.15) is 0 Å². The molecule has 0 radical (unpaired) electrons. The third-order valence-electron chi connectivity index (χ3n) is 1.71. The molecule has 0 spiro atoms. The van der Waals surface area contributed by atoms with Crippen molar-refractivity contribution in [1.29, 1.82) is 0 Å². The third-order valence-corrected chi connectivity index (χ3v) is 2.14. The highest BCUT2D eigenvalue weighted by molar-refractivity contribution is 6.29. The highest BCUT2D eigenvalue weighted by Crippen LogP contribution is 2.25. The smallest absolute Gasteiger partial charge is 0.328 e. The van der Waals surface area contributed by atoms with Gasteiger partial charge < -0.3 is 4.74 Å². The van der Waals surface area contributed by atoms with Crippen molar-refractivity contribution in [3.8, 4) is 0 Å². The molecule has 1 aromatic carbocycles. The first-order chi connectivity index (χ1) is 6.97. The van der Waals surface area contributed by atoms with Crippen LogP contribution in [0.15, 0.2) is 12.1 Å². The van der Waals surface area contributed by atoms with Gasteiger partial charge in [0.2, 0.25) is 0 Å². The standard InChI is InChI=1S/C9H6ClF3O2/c1-15-9(14)7(10)4-2-5(11)8(13)6(12)3-4/h2-3,7H,1H3. The van der Waals surface area contributed by atoms with Gasteiger partial charge in [-0.1, -0.05) is 0 Å². The van der Waals surface area contributed by atoms with Gasteiger partial charge in [-0.05, 0) is 17.7 Å². The van der Waals surface area contributed by atoms with E-state index in [1.165, 1.54) is 0 Å². The molecule has 0 aliphatic carbocycles. The van der Waals surface area contributed by atoms with Crippen LogP contribution >= 0.6 is 11.6 Å². The van der Waals surface area contributed by atoms with Crippen molar-refractivity contribution in [2.75, 3.05) is 7.11 Å². The normalized spacial score (nSPS) is 12.3.